The maximum Gasteiger partial charge on any atom is 0.228 e. The molecule has 0 aromatic carbocycles. The van der Waals surface area contributed by atoms with Crippen molar-refractivity contribution < 1.29 is 14.3 Å². The smallest absolute Gasteiger partial charge is 0.228 e. The van der Waals surface area contributed by atoms with E-state index in [0.717, 1.165) is 70.9 Å². The molecule has 0 unspecified atom stereocenters. The Labute approximate surface area is 166 Å². The Morgan fingerprint density at radius 2 is 1.93 bits per heavy atom. The Bertz CT molecular complexity index is 659. The number of carbonyl (C=O) groups excluding carboxylic acids is 1. The highest BCUT2D eigenvalue weighted by atomic mass is 16.5. The Morgan fingerprint density at radius 1 is 1.14 bits per heavy atom. The van der Waals surface area contributed by atoms with Crippen molar-refractivity contribution in [3.05, 3.63) is 12.3 Å². The number of amides is 1. The van der Waals surface area contributed by atoms with Gasteiger partial charge in [0.25, 0.3) is 0 Å². The molecule has 0 aliphatic carbocycles. The zero-order chi connectivity index (χ0) is 19.3. The van der Waals surface area contributed by atoms with Crippen LogP contribution in [0.5, 0.6) is 5.88 Å². The second-order valence-electron chi connectivity index (χ2n) is 7.89. The van der Waals surface area contributed by atoms with Crippen molar-refractivity contribution in [3.63, 3.8) is 0 Å². The van der Waals surface area contributed by atoms with Gasteiger partial charge >= 0.3 is 0 Å². The van der Waals surface area contributed by atoms with E-state index in [1.807, 2.05) is 4.90 Å². The Morgan fingerprint density at radius 3 is 2.68 bits per heavy atom. The van der Waals surface area contributed by atoms with Crippen LogP contribution in [0, 0.1) is 5.92 Å². The molecule has 0 spiro atoms. The van der Waals surface area contributed by atoms with Crippen LogP contribution < -0.4 is 9.64 Å². The molecule has 1 aromatic heterocycles. The molecule has 0 radical (unpaired) electrons. The molecule has 4 rings (SSSR count). The fraction of sp³-hybridized carbons (Fsp3) is 0.750. The SMILES string of the molecule is COc1ccnc(N2CCC(N3CCC[C@H](C(=O)N4CCOCC4)C3)CC2)n1. The van der Waals surface area contributed by atoms with Crippen LogP contribution in [0.4, 0.5) is 5.95 Å². The number of hydrogen-bond donors (Lipinski definition) is 0. The van der Waals surface area contributed by atoms with Crippen LogP contribution in [0.2, 0.25) is 0 Å². The summed E-state index contributed by atoms with van der Waals surface area (Å²) in [6.07, 6.45) is 6.04. The number of rotatable bonds is 4. The molecule has 8 heteroatoms. The summed E-state index contributed by atoms with van der Waals surface area (Å²) in [6, 6.07) is 2.32. The minimum Gasteiger partial charge on any atom is -0.481 e. The fourth-order valence-electron chi connectivity index (χ4n) is 4.61. The molecule has 0 N–H and O–H groups in total. The summed E-state index contributed by atoms with van der Waals surface area (Å²) < 4.78 is 10.6. The number of methoxy groups -OCH3 is 1. The molecule has 28 heavy (non-hydrogen) atoms. The van der Waals surface area contributed by atoms with Crippen molar-refractivity contribution in [3.8, 4) is 5.88 Å². The van der Waals surface area contributed by atoms with Crippen molar-refractivity contribution >= 4 is 11.9 Å². The summed E-state index contributed by atoms with van der Waals surface area (Å²) in [4.78, 5) is 28.5. The molecule has 3 saturated heterocycles. The quantitative estimate of drug-likeness (QED) is 0.761. The lowest BCUT2D eigenvalue weighted by Gasteiger charge is -2.43. The fourth-order valence-corrected chi connectivity index (χ4v) is 4.61. The van der Waals surface area contributed by atoms with Crippen LogP contribution >= 0.6 is 0 Å². The Kier molecular flexibility index (Phi) is 6.26. The van der Waals surface area contributed by atoms with Gasteiger partial charge in [-0.2, -0.15) is 4.98 Å². The highest BCUT2D eigenvalue weighted by molar-refractivity contribution is 5.79. The number of morpholine rings is 1. The molecule has 0 bridgehead atoms. The van der Waals surface area contributed by atoms with E-state index in [1.54, 1.807) is 19.4 Å². The summed E-state index contributed by atoms with van der Waals surface area (Å²) in [5.41, 5.74) is 0. The number of ether oxygens (including phenoxy) is 2. The second kappa shape index (κ2) is 9.05. The van der Waals surface area contributed by atoms with Crippen molar-refractivity contribution in [1.82, 2.24) is 19.8 Å². The Hall–Kier alpha value is -1.93. The Balaban J connectivity index is 1.30. The number of carbonyl (C=O) groups is 1. The van der Waals surface area contributed by atoms with Gasteiger partial charge in [0.1, 0.15) is 0 Å². The molecule has 1 amide bonds. The molecule has 154 valence electrons. The number of anilines is 1. The van der Waals surface area contributed by atoms with Crippen LogP contribution in [0.15, 0.2) is 12.3 Å². The minimum absolute atomic E-state index is 0.145. The van der Waals surface area contributed by atoms with Crippen LogP contribution in [-0.4, -0.2) is 91.3 Å². The first kappa shape index (κ1) is 19.4. The maximum absolute atomic E-state index is 12.9. The average Bonchev–Trinajstić information content (AvgIpc) is 2.79. The summed E-state index contributed by atoms with van der Waals surface area (Å²) >= 11 is 0. The molecule has 0 saturated carbocycles. The summed E-state index contributed by atoms with van der Waals surface area (Å²) in [5, 5.41) is 0. The molecule has 1 atom stereocenters. The largest absolute Gasteiger partial charge is 0.481 e. The maximum atomic E-state index is 12.9. The normalized spacial score (nSPS) is 25.0. The van der Waals surface area contributed by atoms with Crippen LogP contribution in [0.25, 0.3) is 0 Å². The standard InChI is InChI=1S/C20H31N5O3/c1-27-18-4-7-21-20(22-18)24-9-5-17(6-10-24)25-8-2-3-16(15-25)19(26)23-11-13-28-14-12-23/h4,7,16-17H,2-3,5-6,8-15H2,1H3/t16-/m0/s1. The van der Waals surface area contributed by atoms with Gasteiger partial charge in [0.15, 0.2) is 0 Å². The van der Waals surface area contributed by atoms with E-state index in [2.05, 4.69) is 19.8 Å². The number of aromatic nitrogens is 2. The van der Waals surface area contributed by atoms with Crippen LogP contribution in [0.1, 0.15) is 25.7 Å². The zero-order valence-corrected chi connectivity index (χ0v) is 16.8. The van der Waals surface area contributed by atoms with Crippen LogP contribution in [0.3, 0.4) is 0 Å². The van der Waals surface area contributed by atoms with Gasteiger partial charge < -0.3 is 19.3 Å². The second-order valence-corrected chi connectivity index (χ2v) is 7.89. The summed E-state index contributed by atoms with van der Waals surface area (Å²) in [6.45, 7) is 6.72. The van der Waals surface area contributed by atoms with Crippen LogP contribution in [-0.2, 0) is 9.53 Å². The van der Waals surface area contributed by atoms with Crippen molar-refractivity contribution in [2.75, 3.05) is 64.5 Å². The van der Waals surface area contributed by atoms with E-state index in [4.69, 9.17) is 9.47 Å². The lowest BCUT2D eigenvalue weighted by atomic mass is 9.92. The van der Waals surface area contributed by atoms with Crippen molar-refractivity contribution in [2.24, 2.45) is 5.92 Å². The molecule has 3 fully saturated rings. The van der Waals surface area contributed by atoms with E-state index in [0.29, 0.717) is 31.0 Å². The minimum atomic E-state index is 0.145. The number of hydrogen-bond acceptors (Lipinski definition) is 7. The van der Waals surface area contributed by atoms with Crippen molar-refractivity contribution in [2.45, 2.75) is 31.7 Å². The average molecular weight is 390 g/mol. The lowest BCUT2D eigenvalue weighted by molar-refractivity contribution is -0.141. The zero-order valence-electron chi connectivity index (χ0n) is 16.8. The highest BCUT2D eigenvalue weighted by Gasteiger charge is 2.34. The number of likely N-dealkylation sites (tertiary alicyclic amines) is 1. The van der Waals surface area contributed by atoms with Gasteiger partial charge in [-0.3, -0.25) is 9.69 Å². The van der Waals surface area contributed by atoms with Gasteiger partial charge in [0, 0.05) is 51.0 Å². The van der Waals surface area contributed by atoms with Gasteiger partial charge in [-0.25, -0.2) is 4.98 Å². The first-order valence-corrected chi connectivity index (χ1v) is 10.5. The number of nitrogens with zero attached hydrogens (tertiary/aromatic N) is 5. The molecule has 3 aliphatic rings. The third-order valence-electron chi connectivity index (χ3n) is 6.21. The van der Waals surface area contributed by atoms with E-state index >= 15 is 0 Å². The predicted molar refractivity (Wildman–Crippen MR) is 106 cm³/mol. The van der Waals surface area contributed by atoms with Gasteiger partial charge in [0.2, 0.25) is 17.7 Å². The summed E-state index contributed by atoms with van der Waals surface area (Å²) in [7, 11) is 1.63. The van der Waals surface area contributed by atoms with Gasteiger partial charge in [-0.1, -0.05) is 0 Å². The third-order valence-corrected chi connectivity index (χ3v) is 6.21. The van der Waals surface area contributed by atoms with Gasteiger partial charge in [-0.15, -0.1) is 0 Å². The molecular formula is C20H31N5O3. The van der Waals surface area contributed by atoms with Crippen molar-refractivity contribution in [1.29, 1.82) is 0 Å². The van der Waals surface area contributed by atoms with E-state index in [-0.39, 0.29) is 5.92 Å². The van der Waals surface area contributed by atoms with Gasteiger partial charge in [-0.05, 0) is 32.2 Å². The van der Waals surface area contributed by atoms with E-state index < -0.39 is 0 Å². The predicted octanol–water partition coefficient (Wildman–Crippen LogP) is 1.02. The highest BCUT2D eigenvalue weighted by Crippen LogP contribution is 2.26. The lowest BCUT2D eigenvalue weighted by Crippen LogP contribution is -2.52. The third kappa shape index (κ3) is 4.38. The number of piperidine rings is 2. The van der Waals surface area contributed by atoms with E-state index in [9.17, 15) is 4.79 Å². The first-order valence-electron chi connectivity index (χ1n) is 10.5. The molecule has 3 aliphatic heterocycles. The monoisotopic (exact) mass is 389 g/mol. The summed E-state index contributed by atoms with van der Waals surface area (Å²) in [5.74, 6) is 1.83. The molecule has 1 aromatic rings. The molecule has 8 nitrogen and oxygen atoms in total. The van der Waals surface area contributed by atoms with Gasteiger partial charge in [0.05, 0.1) is 26.2 Å². The first-order chi connectivity index (χ1) is 13.7. The molecular weight excluding hydrogens is 358 g/mol. The topological polar surface area (TPSA) is 71.0 Å². The van der Waals surface area contributed by atoms with E-state index in [1.165, 1.54) is 0 Å². The molecule has 4 heterocycles.